The molecule has 0 fully saturated rings. The van der Waals surface area contributed by atoms with E-state index in [0.29, 0.717) is 22.0 Å². The van der Waals surface area contributed by atoms with Crippen molar-refractivity contribution >= 4 is 23.4 Å². The first-order chi connectivity index (χ1) is 12.1. The molecule has 4 nitrogen and oxygen atoms in total. The fourth-order valence-electron chi connectivity index (χ4n) is 2.25. The van der Waals surface area contributed by atoms with Gasteiger partial charge in [-0.25, -0.2) is 9.37 Å². The second-order valence-corrected chi connectivity index (χ2v) is 6.47. The molecular formula is C18H14ClFN2O2S. The molecule has 7 heteroatoms. The number of halogens is 2. The SMILES string of the molecule is COc1ccc(-n2ccnc(SCc3c(F)cccc3Cl)c2=O)cc1. The van der Waals surface area contributed by atoms with E-state index in [9.17, 15) is 9.18 Å². The zero-order chi connectivity index (χ0) is 17.8. The number of thioether (sulfide) groups is 1. The van der Waals surface area contributed by atoms with Crippen molar-refractivity contribution < 1.29 is 9.13 Å². The van der Waals surface area contributed by atoms with Crippen LogP contribution < -0.4 is 10.3 Å². The molecule has 0 N–H and O–H groups in total. The molecule has 0 spiro atoms. The molecule has 1 heterocycles. The van der Waals surface area contributed by atoms with Gasteiger partial charge >= 0.3 is 0 Å². The van der Waals surface area contributed by atoms with Gasteiger partial charge < -0.3 is 4.74 Å². The second kappa shape index (κ2) is 7.72. The van der Waals surface area contributed by atoms with E-state index in [1.165, 1.54) is 16.8 Å². The molecule has 2 aromatic carbocycles. The third kappa shape index (κ3) is 3.86. The molecule has 25 heavy (non-hydrogen) atoms. The second-order valence-electron chi connectivity index (χ2n) is 5.09. The number of aromatic nitrogens is 2. The maximum atomic E-state index is 13.9. The maximum absolute atomic E-state index is 13.9. The fraction of sp³-hybridized carbons (Fsp3) is 0.111. The van der Waals surface area contributed by atoms with Gasteiger partial charge in [0, 0.05) is 34.4 Å². The predicted molar refractivity (Wildman–Crippen MR) is 97.4 cm³/mol. The van der Waals surface area contributed by atoms with E-state index < -0.39 is 5.82 Å². The van der Waals surface area contributed by atoms with E-state index in [1.54, 1.807) is 49.7 Å². The molecule has 0 amide bonds. The summed E-state index contributed by atoms with van der Waals surface area (Å²) in [7, 11) is 1.58. The lowest BCUT2D eigenvalue weighted by atomic mass is 10.2. The monoisotopic (exact) mass is 376 g/mol. The molecule has 128 valence electrons. The van der Waals surface area contributed by atoms with Gasteiger partial charge in [-0.3, -0.25) is 9.36 Å². The Morgan fingerprint density at radius 2 is 2.00 bits per heavy atom. The molecular weight excluding hydrogens is 363 g/mol. The van der Waals surface area contributed by atoms with Crippen molar-refractivity contribution in [3.05, 3.63) is 81.6 Å². The minimum absolute atomic E-state index is 0.223. The third-order valence-electron chi connectivity index (χ3n) is 3.57. The summed E-state index contributed by atoms with van der Waals surface area (Å²) in [5.74, 6) is 0.529. The van der Waals surface area contributed by atoms with Crippen LogP contribution in [0.25, 0.3) is 5.69 Å². The van der Waals surface area contributed by atoms with Gasteiger partial charge in [-0.05, 0) is 36.4 Å². The van der Waals surface area contributed by atoms with Crippen LogP contribution in [0.2, 0.25) is 5.02 Å². The number of hydrogen-bond acceptors (Lipinski definition) is 4. The van der Waals surface area contributed by atoms with Crippen molar-refractivity contribution in [2.45, 2.75) is 10.8 Å². The molecule has 0 bridgehead atoms. The smallest absolute Gasteiger partial charge is 0.287 e. The molecule has 0 aliphatic carbocycles. The Hall–Kier alpha value is -2.31. The van der Waals surface area contributed by atoms with Crippen LogP contribution in [0, 0.1) is 5.82 Å². The first kappa shape index (κ1) is 17.5. The summed E-state index contributed by atoms with van der Waals surface area (Å²) in [6.45, 7) is 0. The van der Waals surface area contributed by atoms with Gasteiger partial charge in [0.1, 0.15) is 11.6 Å². The van der Waals surface area contributed by atoms with Gasteiger partial charge in [-0.15, -0.1) is 0 Å². The first-order valence-corrected chi connectivity index (χ1v) is 8.74. The quantitative estimate of drug-likeness (QED) is 0.622. The Balaban J connectivity index is 1.87. The van der Waals surface area contributed by atoms with Gasteiger partial charge in [0.15, 0.2) is 5.03 Å². The summed E-state index contributed by atoms with van der Waals surface area (Å²) in [5, 5.41) is 0.608. The highest BCUT2D eigenvalue weighted by Gasteiger charge is 2.11. The van der Waals surface area contributed by atoms with Crippen molar-refractivity contribution in [3.63, 3.8) is 0 Å². The first-order valence-electron chi connectivity index (χ1n) is 7.38. The van der Waals surface area contributed by atoms with Crippen LogP contribution in [-0.4, -0.2) is 16.7 Å². The standard InChI is InChI=1S/C18H14ClFN2O2S/c1-24-13-7-5-12(6-8-13)22-10-9-21-17(18(22)23)25-11-14-15(19)3-2-4-16(14)20/h2-10H,11H2,1H3. The van der Waals surface area contributed by atoms with Gasteiger partial charge in [0.25, 0.3) is 5.56 Å². The minimum atomic E-state index is -0.397. The Kier molecular flexibility index (Phi) is 5.40. The van der Waals surface area contributed by atoms with Crippen LogP contribution >= 0.6 is 23.4 Å². The van der Waals surface area contributed by atoms with Gasteiger partial charge in [-0.1, -0.05) is 29.4 Å². The van der Waals surface area contributed by atoms with Gasteiger partial charge in [-0.2, -0.15) is 0 Å². The molecule has 0 saturated heterocycles. The topological polar surface area (TPSA) is 44.1 Å². The largest absolute Gasteiger partial charge is 0.497 e. The van der Waals surface area contributed by atoms with Crippen LogP contribution in [0.15, 0.2) is 64.7 Å². The number of ether oxygens (including phenoxy) is 1. The number of benzene rings is 2. The lowest BCUT2D eigenvalue weighted by Gasteiger charge is -2.09. The summed E-state index contributed by atoms with van der Waals surface area (Å²) in [6, 6.07) is 11.6. The van der Waals surface area contributed by atoms with Crippen molar-refractivity contribution in [2.75, 3.05) is 7.11 Å². The van der Waals surface area contributed by atoms with Gasteiger partial charge in [0.05, 0.1) is 7.11 Å². The van der Waals surface area contributed by atoms with Crippen LogP contribution in [0.3, 0.4) is 0 Å². The van der Waals surface area contributed by atoms with E-state index in [2.05, 4.69) is 4.98 Å². The van der Waals surface area contributed by atoms with Crippen LogP contribution in [0.1, 0.15) is 5.56 Å². The predicted octanol–water partition coefficient (Wildman–Crippen LogP) is 4.33. The summed E-state index contributed by atoms with van der Waals surface area (Å²) < 4.78 is 20.5. The highest BCUT2D eigenvalue weighted by atomic mass is 35.5. The van der Waals surface area contributed by atoms with Crippen molar-refractivity contribution in [2.24, 2.45) is 0 Å². The van der Waals surface area contributed by atoms with E-state index in [-0.39, 0.29) is 16.3 Å². The van der Waals surface area contributed by atoms with Crippen molar-refractivity contribution in [3.8, 4) is 11.4 Å². The Morgan fingerprint density at radius 1 is 1.24 bits per heavy atom. The van der Waals surface area contributed by atoms with Crippen molar-refractivity contribution in [1.29, 1.82) is 0 Å². The number of methoxy groups -OCH3 is 1. The molecule has 0 saturated carbocycles. The molecule has 0 aliphatic rings. The molecule has 3 aromatic rings. The van der Waals surface area contributed by atoms with E-state index in [0.717, 1.165) is 11.8 Å². The normalized spacial score (nSPS) is 10.7. The van der Waals surface area contributed by atoms with E-state index >= 15 is 0 Å². The van der Waals surface area contributed by atoms with Crippen molar-refractivity contribution in [1.82, 2.24) is 9.55 Å². The average Bonchev–Trinajstić information content (AvgIpc) is 2.63. The van der Waals surface area contributed by atoms with Crippen LogP contribution in [0.5, 0.6) is 5.75 Å². The fourth-order valence-corrected chi connectivity index (χ4v) is 3.49. The van der Waals surface area contributed by atoms with E-state index in [4.69, 9.17) is 16.3 Å². The summed E-state index contributed by atoms with van der Waals surface area (Å²) >= 11 is 7.17. The molecule has 0 radical (unpaired) electrons. The molecule has 0 atom stereocenters. The Labute approximate surface area is 153 Å². The number of nitrogens with zero attached hydrogens (tertiary/aromatic N) is 2. The molecule has 3 rings (SSSR count). The molecule has 0 unspecified atom stereocenters. The zero-order valence-electron chi connectivity index (χ0n) is 13.3. The summed E-state index contributed by atoms with van der Waals surface area (Å²) in [4.78, 5) is 16.7. The summed E-state index contributed by atoms with van der Waals surface area (Å²) in [5.41, 5.74) is 0.777. The maximum Gasteiger partial charge on any atom is 0.287 e. The Bertz CT molecular complexity index is 924. The number of hydrogen-bond donors (Lipinski definition) is 0. The van der Waals surface area contributed by atoms with Crippen LogP contribution in [-0.2, 0) is 5.75 Å². The van der Waals surface area contributed by atoms with E-state index in [1.807, 2.05) is 0 Å². The highest BCUT2D eigenvalue weighted by Crippen LogP contribution is 2.26. The average molecular weight is 377 g/mol. The number of rotatable bonds is 5. The lowest BCUT2D eigenvalue weighted by molar-refractivity contribution is 0.414. The molecule has 1 aromatic heterocycles. The minimum Gasteiger partial charge on any atom is -0.497 e. The van der Waals surface area contributed by atoms with Gasteiger partial charge in [0.2, 0.25) is 0 Å². The van der Waals surface area contributed by atoms with Crippen LogP contribution in [0.4, 0.5) is 4.39 Å². The molecule has 0 aliphatic heterocycles. The highest BCUT2D eigenvalue weighted by molar-refractivity contribution is 7.98. The third-order valence-corrected chi connectivity index (χ3v) is 4.92. The lowest BCUT2D eigenvalue weighted by Crippen LogP contribution is -2.20. The summed E-state index contributed by atoms with van der Waals surface area (Å²) in [6.07, 6.45) is 3.13. The zero-order valence-corrected chi connectivity index (χ0v) is 14.9. The Morgan fingerprint density at radius 3 is 2.68 bits per heavy atom.